The molecule has 18 heavy (non-hydrogen) atoms. The largest absolute Gasteiger partial charge is 0.383 e. The Morgan fingerprint density at radius 2 is 2.11 bits per heavy atom. The summed E-state index contributed by atoms with van der Waals surface area (Å²) >= 11 is 0. The van der Waals surface area contributed by atoms with Crippen molar-refractivity contribution < 1.29 is 14.3 Å². The Bertz CT molecular complexity index is 574. The Morgan fingerprint density at radius 1 is 1.33 bits per heavy atom. The standard InChI is InChI=1S/C13H14N2O3/c1-18-7-6-14-13(17)12(16)10-8-15-11-5-3-2-4-9(10)11/h2-5,8,15H,6-7H2,1H3,(H,14,17). The molecule has 0 aliphatic heterocycles. The van der Waals surface area contributed by atoms with Crippen molar-refractivity contribution in [1.82, 2.24) is 10.3 Å². The lowest BCUT2D eigenvalue weighted by Gasteiger charge is -2.02. The maximum Gasteiger partial charge on any atom is 0.292 e. The van der Waals surface area contributed by atoms with Crippen molar-refractivity contribution in [3.63, 3.8) is 0 Å². The summed E-state index contributed by atoms with van der Waals surface area (Å²) in [5.74, 6) is -1.15. The van der Waals surface area contributed by atoms with Gasteiger partial charge >= 0.3 is 0 Å². The summed E-state index contributed by atoms with van der Waals surface area (Å²) < 4.78 is 4.80. The number of amides is 1. The van der Waals surface area contributed by atoms with Crippen LogP contribution >= 0.6 is 0 Å². The molecule has 0 spiro atoms. The lowest BCUT2D eigenvalue weighted by molar-refractivity contribution is -0.117. The number of para-hydroxylation sites is 1. The molecular formula is C13H14N2O3. The first-order valence-corrected chi connectivity index (χ1v) is 5.61. The molecule has 0 radical (unpaired) electrons. The van der Waals surface area contributed by atoms with E-state index in [1.807, 2.05) is 24.3 Å². The molecule has 2 N–H and O–H groups in total. The molecule has 1 heterocycles. The van der Waals surface area contributed by atoms with Crippen LogP contribution in [0.3, 0.4) is 0 Å². The first-order valence-electron chi connectivity index (χ1n) is 5.61. The Kier molecular flexibility index (Phi) is 3.74. The molecule has 1 amide bonds. The predicted octanol–water partition coefficient (Wildman–Crippen LogP) is 1.11. The van der Waals surface area contributed by atoms with Crippen LogP contribution in [0.4, 0.5) is 0 Å². The molecule has 1 aromatic carbocycles. The molecule has 2 rings (SSSR count). The third-order valence-corrected chi connectivity index (χ3v) is 2.63. The zero-order valence-electron chi connectivity index (χ0n) is 10.0. The van der Waals surface area contributed by atoms with E-state index in [9.17, 15) is 9.59 Å². The van der Waals surface area contributed by atoms with Gasteiger partial charge in [-0.25, -0.2) is 0 Å². The number of methoxy groups -OCH3 is 1. The zero-order chi connectivity index (χ0) is 13.0. The molecule has 0 fully saturated rings. The summed E-state index contributed by atoms with van der Waals surface area (Å²) in [7, 11) is 1.54. The number of Topliss-reactive ketones (excluding diaryl/α,β-unsaturated/α-hetero) is 1. The van der Waals surface area contributed by atoms with Crippen LogP contribution < -0.4 is 5.32 Å². The summed E-state index contributed by atoms with van der Waals surface area (Å²) in [6, 6.07) is 7.36. The highest BCUT2D eigenvalue weighted by molar-refractivity contribution is 6.44. The molecule has 0 saturated carbocycles. The van der Waals surface area contributed by atoms with Gasteiger partial charge in [-0.3, -0.25) is 9.59 Å². The number of carbonyl (C=O) groups is 2. The van der Waals surface area contributed by atoms with Gasteiger partial charge in [0.15, 0.2) is 0 Å². The summed E-state index contributed by atoms with van der Waals surface area (Å²) in [5.41, 5.74) is 1.23. The zero-order valence-corrected chi connectivity index (χ0v) is 10.0. The minimum absolute atomic E-state index is 0.323. The normalized spacial score (nSPS) is 10.5. The van der Waals surface area contributed by atoms with Gasteiger partial charge in [-0.15, -0.1) is 0 Å². The van der Waals surface area contributed by atoms with Gasteiger partial charge in [0.1, 0.15) is 0 Å². The molecule has 0 aliphatic rings. The van der Waals surface area contributed by atoms with Crippen molar-refractivity contribution >= 4 is 22.6 Å². The maximum absolute atomic E-state index is 11.9. The number of aromatic amines is 1. The van der Waals surface area contributed by atoms with E-state index in [1.165, 1.54) is 7.11 Å². The van der Waals surface area contributed by atoms with E-state index >= 15 is 0 Å². The van der Waals surface area contributed by atoms with Gasteiger partial charge < -0.3 is 15.0 Å². The number of nitrogens with one attached hydrogen (secondary N) is 2. The van der Waals surface area contributed by atoms with E-state index in [0.29, 0.717) is 18.7 Å². The van der Waals surface area contributed by atoms with Crippen molar-refractivity contribution in [1.29, 1.82) is 0 Å². The first-order chi connectivity index (χ1) is 8.74. The molecule has 5 heteroatoms. The molecular weight excluding hydrogens is 232 g/mol. The second-order valence-electron chi connectivity index (χ2n) is 3.83. The van der Waals surface area contributed by atoms with E-state index in [2.05, 4.69) is 10.3 Å². The number of rotatable bonds is 5. The highest BCUT2D eigenvalue weighted by Gasteiger charge is 2.18. The van der Waals surface area contributed by atoms with Crippen LogP contribution in [-0.4, -0.2) is 36.9 Å². The monoisotopic (exact) mass is 246 g/mol. The van der Waals surface area contributed by atoms with Crippen LogP contribution in [0.15, 0.2) is 30.5 Å². The highest BCUT2D eigenvalue weighted by atomic mass is 16.5. The molecule has 94 valence electrons. The number of fused-ring (bicyclic) bond motifs is 1. The quantitative estimate of drug-likeness (QED) is 0.471. The molecule has 0 atom stereocenters. The number of hydrogen-bond donors (Lipinski definition) is 2. The number of benzene rings is 1. The van der Waals surface area contributed by atoms with Crippen molar-refractivity contribution in [3.05, 3.63) is 36.0 Å². The van der Waals surface area contributed by atoms with Gasteiger partial charge in [0.25, 0.3) is 11.7 Å². The number of hydrogen-bond acceptors (Lipinski definition) is 3. The lowest BCUT2D eigenvalue weighted by Crippen LogP contribution is -2.33. The van der Waals surface area contributed by atoms with Crippen LogP contribution in [0.1, 0.15) is 10.4 Å². The molecule has 0 saturated heterocycles. The number of ether oxygens (including phenoxy) is 1. The van der Waals surface area contributed by atoms with E-state index in [1.54, 1.807) is 6.20 Å². The maximum atomic E-state index is 11.9. The average Bonchev–Trinajstić information content (AvgIpc) is 2.82. The fourth-order valence-electron chi connectivity index (χ4n) is 1.73. The third-order valence-electron chi connectivity index (χ3n) is 2.63. The van der Waals surface area contributed by atoms with E-state index in [0.717, 1.165) is 10.9 Å². The van der Waals surface area contributed by atoms with Gasteiger partial charge in [0.05, 0.1) is 12.2 Å². The second-order valence-corrected chi connectivity index (χ2v) is 3.83. The summed E-state index contributed by atoms with van der Waals surface area (Å²) in [6.07, 6.45) is 1.56. The van der Waals surface area contributed by atoms with E-state index in [-0.39, 0.29) is 0 Å². The van der Waals surface area contributed by atoms with Gasteiger partial charge in [-0.2, -0.15) is 0 Å². The number of H-pyrrole nitrogens is 1. The molecule has 0 aliphatic carbocycles. The fraction of sp³-hybridized carbons (Fsp3) is 0.231. The van der Waals surface area contributed by atoms with Crippen LogP contribution in [-0.2, 0) is 9.53 Å². The van der Waals surface area contributed by atoms with Gasteiger partial charge in [-0.05, 0) is 6.07 Å². The van der Waals surface area contributed by atoms with Crippen LogP contribution in [0.5, 0.6) is 0 Å². The third kappa shape index (κ3) is 2.41. The topological polar surface area (TPSA) is 71.2 Å². The van der Waals surface area contributed by atoms with Gasteiger partial charge in [0, 0.05) is 30.8 Å². The number of aromatic nitrogens is 1. The second kappa shape index (κ2) is 5.46. The van der Waals surface area contributed by atoms with Crippen LogP contribution in [0.25, 0.3) is 10.9 Å². The van der Waals surface area contributed by atoms with Crippen LogP contribution in [0, 0.1) is 0 Å². The minimum Gasteiger partial charge on any atom is -0.383 e. The SMILES string of the molecule is COCCNC(=O)C(=O)c1c[nH]c2ccccc12. The molecule has 2 aromatic rings. The first kappa shape index (κ1) is 12.3. The Labute approximate surface area is 104 Å². The summed E-state index contributed by atoms with van der Waals surface area (Å²) in [4.78, 5) is 26.5. The van der Waals surface area contributed by atoms with E-state index in [4.69, 9.17) is 4.74 Å². The van der Waals surface area contributed by atoms with Crippen molar-refractivity contribution in [2.75, 3.05) is 20.3 Å². The minimum atomic E-state index is -0.614. The molecule has 5 nitrogen and oxygen atoms in total. The predicted molar refractivity (Wildman–Crippen MR) is 67.5 cm³/mol. The van der Waals surface area contributed by atoms with Crippen molar-refractivity contribution in [2.24, 2.45) is 0 Å². The molecule has 0 bridgehead atoms. The highest BCUT2D eigenvalue weighted by Crippen LogP contribution is 2.17. The summed E-state index contributed by atoms with van der Waals surface area (Å²) in [5, 5.41) is 3.26. The smallest absolute Gasteiger partial charge is 0.292 e. The lowest BCUT2D eigenvalue weighted by atomic mass is 10.1. The fourth-order valence-corrected chi connectivity index (χ4v) is 1.73. The van der Waals surface area contributed by atoms with Crippen molar-refractivity contribution in [2.45, 2.75) is 0 Å². The molecule has 1 aromatic heterocycles. The Morgan fingerprint density at radius 3 is 2.89 bits per heavy atom. The Balaban J connectivity index is 2.16. The van der Waals surface area contributed by atoms with Crippen molar-refractivity contribution in [3.8, 4) is 0 Å². The number of ketones is 1. The summed E-state index contributed by atoms with van der Waals surface area (Å²) in [6.45, 7) is 0.705. The average molecular weight is 246 g/mol. The van der Waals surface area contributed by atoms with E-state index < -0.39 is 11.7 Å². The van der Waals surface area contributed by atoms with Gasteiger partial charge in [-0.1, -0.05) is 18.2 Å². The molecule has 0 unspecified atom stereocenters. The Hall–Kier alpha value is -2.14. The number of carbonyl (C=O) groups excluding carboxylic acids is 2. The van der Waals surface area contributed by atoms with Crippen LogP contribution in [0.2, 0.25) is 0 Å². The van der Waals surface area contributed by atoms with Gasteiger partial charge in [0.2, 0.25) is 0 Å².